The van der Waals surface area contributed by atoms with Gasteiger partial charge in [0.2, 0.25) is 0 Å². The molecule has 2 aliphatic heterocycles. The van der Waals surface area contributed by atoms with Crippen LogP contribution in [0.2, 0.25) is 0 Å². The van der Waals surface area contributed by atoms with Crippen LogP contribution in [0.25, 0.3) is 10.9 Å². The maximum absolute atomic E-state index is 13.9. The van der Waals surface area contributed by atoms with E-state index in [2.05, 4.69) is 58.9 Å². The third kappa shape index (κ3) is 3.77. The van der Waals surface area contributed by atoms with Crippen molar-refractivity contribution in [1.82, 2.24) is 20.1 Å². The zero-order valence-electron chi connectivity index (χ0n) is 20.4. The van der Waals surface area contributed by atoms with Crippen molar-refractivity contribution < 1.29 is 9.53 Å². The topological polar surface area (TPSA) is 60.6 Å². The Morgan fingerprint density at radius 3 is 2.83 bits per heavy atom. The van der Waals surface area contributed by atoms with Gasteiger partial charge in [0.05, 0.1) is 19.2 Å². The molecule has 0 saturated carbocycles. The number of carbonyl (C=O) groups is 1. The first-order valence-electron chi connectivity index (χ1n) is 12.3. The molecule has 2 aromatic carbocycles. The van der Waals surface area contributed by atoms with Crippen molar-refractivity contribution in [3.8, 4) is 18.1 Å². The Morgan fingerprint density at radius 1 is 1.29 bits per heavy atom. The van der Waals surface area contributed by atoms with E-state index in [0.29, 0.717) is 26.1 Å². The van der Waals surface area contributed by atoms with Gasteiger partial charge in [-0.05, 0) is 56.1 Å². The Balaban J connectivity index is 1.58. The number of terminal acetylenes is 1. The zero-order chi connectivity index (χ0) is 24.6. The fourth-order valence-corrected chi connectivity index (χ4v) is 5.63. The Morgan fingerprint density at radius 2 is 2.09 bits per heavy atom. The van der Waals surface area contributed by atoms with E-state index in [1.54, 1.807) is 0 Å². The number of H-pyrrole nitrogens is 1. The number of nitrogens with one attached hydrogen (secondary N) is 2. The number of nitrogens with zero attached hydrogens (tertiary/aromatic N) is 2. The Labute approximate surface area is 206 Å². The molecule has 0 radical (unpaired) electrons. The van der Waals surface area contributed by atoms with Crippen molar-refractivity contribution in [3.63, 3.8) is 0 Å². The lowest BCUT2D eigenvalue weighted by atomic mass is 9.81. The van der Waals surface area contributed by atoms with E-state index in [-0.39, 0.29) is 11.9 Å². The summed E-state index contributed by atoms with van der Waals surface area (Å²) in [5.41, 5.74) is 3.74. The molecule has 2 N–H and O–H groups in total. The molecule has 1 saturated heterocycles. The van der Waals surface area contributed by atoms with Crippen LogP contribution >= 0.6 is 0 Å². The normalized spacial score (nSPS) is 21.2. The lowest BCUT2D eigenvalue weighted by Crippen LogP contribution is -2.52. The van der Waals surface area contributed by atoms with Gasteiger partial charge in [0.25, 0.3) is 5.91 Å². The molecule has 0 unspecified atom stereocenters. The summed E-state index contributed by atoms with van der Waals surface area (Å²) in [4.78, 5) is 21.7. The summed E-state index contributed by atoms with van der Waals surface area (Å²) < 4.78 is 5.79. The molecule has 6 nitrogen and oxygen atoms in total. The minimum absolute atomic E-state index is 0.0985. The predicted molar refractivity (Wildman–Crippen MR) is 139 cm³/mol. The molecule has 0 spiro atoms. The van der Waals surface area contributed by atoms with E-state index in [1.165, 1.54) is 5.56 Å². The van der Waals surface area contributed by atoms with Gasteiger partial charge in [0.15, 0.2) is 0 Å². The summed E-state index contributed by atoms with van der Waals surface area (Å²) in [6, 6.07) is 16.4. The molecule has 1 aromatic heterocycles. The summed E-state index contributed by atoms with van der Waals surface area (Å²) in [5.74, 6) is 4.28. The lowest BCUT2D eigenvalue weighted by molar-refractivity contribution is -0.133. The third-order valence-corrected chi connectivity index (χ3v) is 7.18. The number of fused-ring (bicyclic) bond motifs is 4. The molecule has 5 rings (SSSR count). The summed E-state index contributed by atoms with van der Waals surface area (Å²) >= 11 is 0. The van der Waals surface area contributed by atoms with Crippen LogP contribution in [0.3, 0.4) is 0 Å². The maximum Gasteiger partial charge on any atom is 0.254 e. The summed E-state index contributed by atoms with van der Waals surface area (Å²) in [6.07, 6.45) is 6.74. The fourth-order valence-electron chi connectivity index (χ4n) is 5.63. The molecular weight excluding hydrogens is 436 g/mol. The van der Waals surface area contributed by atoms with Gasteiger partial charge < -0.3 is 19.9 Å². The summed E-state index contributed by atoms with van der Waals surface area (Å²) in [5, 5.41) is 4.32. The van der Waals surface area contributed by atoms with Gasteiger partial charge in [-0.1, -0.05) is 42.8 Å². The molecule has 35 heavy (non-hydrogen) atoms. The molecule has 6 heteroatoms. The van der Waals surface area contributed by atoms with E-state index in [0.717, 1.165) is 46.7 Å². The standard InChI is InChI=1S/C29H32N4O2/c1-5-15-30-16-10-17-32-20(3)33-27(21-11-8-7-9-12-21)26-24(19-29(33,4)28(32)34)23-18-22(35-6-2)13-14-25(23)31-26/h1,7-9,11-14,18,27,30-31H,3,6,10,15-17,19H2,2,4H3/t27-,29+/m1/s1. The monoisotopic (exact) mass is 468 g/mol. The average Bonchev–Trinajstić information content (AvgIpc) is 3.30. The van der Waals surface area contributed by atoms with Crippen LogP contribution in [0.1, 0.15) is 43.1 Å². The Kier molecular flexibility index (Phi) is 6.04. The smallest absolute Gasteiger partial charge is 0.254 e. The highest BCUT2D eigenvalue weighted by atomic mass is 16.5. The Bertz CT molecular complexity index is 1310. The van der Waals surface area contributed by atoms with Crippen LogP contribution in [0.4, 0.5) is 0 Å². The quantitative estimate of drug-likeness (QED) is 0.384. The second kappa shape index (κ2) is 9.16. The van der Waals surface area contributed by atoms with Gasteiger partial charge >= 0.3 is 0 Å². The van der Waals surface area contributed by atoms with E-state index < -0.39 is 5.54 Å². The van der Waals surface area contributed by atoms with E-state index >= 15 is 0 Å². The number of rotatable bonds is 8. The second-order valence-corrected chi connectivity index (χ2v) is 9.40. The molecular formula is C29H32N4O2. The minimum atomic E-state index is -0.729. The van der Waals surface area contributed by atoms with E-state index in [4.69, 9.17) is 11.2 Å². The SMILES string of the molecule is C#CCNCCCN1C(=C)N2[C@H](c3ccccc3)c3[nH]c4ccc(OCC)cc4c3C[C@@]2(C)C1=O. The number of benzene rings is 2. The van der Waals surface area contributed by atoms with Crippen LogP contribution < -0.4 is 10.1 Å². The van der Waals surface area contributed by atoms with Crippen LogP contribution in [0.15, 0.2) is 60.9 Å². The molecule has 0 bridgehead atoms. The van der Waals surface area contributed by atoms with Gasteiger partial charge in [-0.2, -0.15) is 0 Å². The summed E-state index contributed by atoms with van der Waals surface area (Å²) in [7, 11) is 0. The van der Waals surface area contributed by atoms with Gasteiger partial charge in [-0.25, -0.2) is 0 Å². The number of aromatic nitrogens is 1. The fraction of sp³-hybridized carbons (Fsp3) is 0.345. The van der Waals surface area contributed by atoms with Crippen LogP contribution in [-0.4, -0.2) is 52.5 Å². The maximum atomic E-state index is 13.9. The zero-order valence-corrected chi connectivity index (χ0v) is 20.4. The number of hydrogen-bond donors (Lipinski definition) is 2. The van der Waals surface area contributed by atoms with E-state index in [9.17, 15) is 4.79 Å². The van der Waals surface area contributed by atoms with Gasteiger partial charge in [-0.3, -0.25) is 9.69 Å². The van der Waals surface area contributed by atoms with Crippen molar-refractivity contribution in [1.29, 1.82) is 0 Å². The number of ether oxygens (including phenoxy) is 1. The molecule has 2 atom stereocenters. The first-order valence-corrected chi connectivity index (χ1v) is 12.3. The molecule has 1 amide bonds. The number of aromatic amines is 1. The van der Waals surface area contributed by atoms with Gasteiger partial charge in [0.1, 0.15) is 17.1 Å². The first kappa shape index (κ1) is 23.1. The lowest BCUT2D eigenvalue weighted by Gasteiger charge is -2.44. The van der Waals surface area contributed by atoms with Crippen molar-refractivity contribution in [2.45, 2.75) is 38.3 Å². The highest BCUT2D eigenvalue weighted by Crippen LogP contribution is 2.51. The van der Waals surface area contributed by atoms with Crippen LogP contribution in [0, 0.1) is 12.3 Å². The van der Waals surface area contributed by atoms with Crippen molar-refractivity contribution in [3.05, 3.63) is 77.8 Å². The third-order valence-electron chi connectivity index (χ3n) is 7.18. The van der Waals surface area contributed by atoms with Gasteiger partial charge in [-0.15, -0.1) is 6.42 Å². The number of amides is 1. The molecule has 180 valence electrons. The molecule has 0 aliphatic carbocycles. The predicted octanol–water partition coefficient (Wildman–Crippen LogP) is 4.20. The minimum Gasteiger partial charge on any atom is -0.494 e. The molecule has 3 aromatic rings. The van der Waals surface area contributed by atoms with Crippen molar-refractivity contribution >= 4 is 16.8 Å². The molecule has 1 fully saturated rings. The van der Waals surface area contributed by atoms with Crippen LogP contribution in [-0.2, 0) is 11.2 Å². The van der Waals surface area contributed by atoms with Gasteiger partial charge in [0, 0.05) is 29.6 Å². The highest BCUT2D eigenvalue weighted by molar-refractivity contribution is 5.94. The number of hydrogen-bond acceptors (Lipinski definition) is 4. The van der Waals surface area contributed by atoms with Crippen LogP contribution in [0.5, 0.6) is 5.75 Å². The average molecular weight is 469 g/mol. The van der Waals surface area contributed by atoms with Crippen molar-refractivity contribution in [2.24, 2.45) is 0 Å². The Hall–Kier alpha value is -3.69. The summed E-state index contributed by atoms with van der Waals surface area (Å²) in [6.45, 7) is 11.0. The number of carbonyl (C=O) groups excluding carboxylic acids is 1. The first-order chi connectivity index (χ1) is 17.0. The largest absolute Gasteiger partial charge is 0.494 e. The highest BCUT2D eigenvalue weighted by Gasteiger charge is 2.57. The second-order valence-electron chi connectivity index (χ2n) is 9.40. The van der Waals surface area contributed by atoms with E-state index in [1.807, 2.05) is 36.1 Å². The molecule has 3 heterocycles. The molecule has 2 aliphatic rings. The van der Waals surface area contributed by atoms with Crippen molar-refractivity contribution in [2.75, 3.05) is 26.2 Å².